The van der Waals surface area contributed by atoms with Crippen molar-refractivity contribution in [2.45, 2.75) is 26.2 Å². The van der Waals surface area contributed by atoms with E-state index >= 15 is 0 Å². The fourth-order valence-corrected chi connectivity index (χ4v) is 4.43. The van der Waals surface area contributed by atoms with Crippen molar-refractivity contribution in [1.29, 1.82) is 0 Å². The van der Waals surface area contributed by atoms with Crippen LogP contribution in [0.1, 0.15) is 24.0 Å². The first-order chi connectivity index (χ1) is 16.6. The molecule has 34 heavy (non-hydrogen) atoms. The van der Waals surface area contributed by atoms with Crippen molar-refractivity contribution < 1.29 is 13.7 Å². The van der Waals surface area contributed by atoms with Crippen LogP contribution in [0.5, 0.6) is 0 Å². The van der Waals surface area contributed by atoms with E-state index in [1.807, 2.05) is 0 Å². The zero-order valence-electron chi connectivity index (χ0n) is 19.0. The Bertz CT molecular complexity index is 1290. The van der Waals surface area contributed by atoms with Crippen LogP contribution in [0.2, 0.25) is 0 Å². The maximum atomic E-state index is 13.4. The van der Waals surface area contributed by atoms with Gasteiger partial charge in [-0.1, -0.05) is 35.0 Å². The quantitative estimate of drug-likeness (QED) is 0.463. The summed E-state index contributed by atoms with van der Waals surface area (Å²) in [6.45, 7) is 3.99. The molecule has 0 radical (unpaired) electrons. The Morgan fingerprint density at radius 2 is 1.94 bits per heavy atom. The number of nitrogens with one attached hydrogen (secondary N) is 1. The maximum Gasteiger partial charge on any atom is 0.263 e. The summed E-state index contributed by atoms with van der Waals surface area (Å²) in [7, 11) is 0. The van der Waals surface area contributed by atoms with Crippen LogP contribution in [0.3, 0.4) is 0 Å². The predicted octanol–water partition coefficient (Wildman–Crippen LogP) is 4.31. The van der Waals surface area contributed by atoms with Crippen LogP contribution < -0.4 is 10.2 Å². The molecule has 1 unspecified atom stereocenters. The van der Waals surface area contributed by atoms with Gasteiger partial charge in [0.2, 0.25) is 5.91 Å². The van der Waals surface area contributed by atoms with Gasteiger partial charge in [0, 0.05) is 25.2 Å². The van der Waals surface area contributed by atoms with E-state index in [0.29, 0.717) is 35.7 Å². The van der Waals surface area contributed by atoms with E-state index < -0.39 is 0 Å². The highest BCUT2D eigenvalue weighted by atomic mass is 19.1. The van der Waals surface area contributed by atoms with Gasteiger partial charge in [0.15, 0.2) is 0 Å². The van der Waals surface area contributed by atoms with E-state index in [4.69, 9.17) is 4.52 Å². The van der Waals surface area contributed by atoms with E-state index in [0.717, 1.165) is 31.4 Å². The van der Waals surface area contributed by atoms with Gasteiger partial charge in [-0.05, 0) is 56.0 Å². The first-order valence-electron chi connectivity index (χ1n) is 11.5. The number of amides is 1. The molecule has 0 bridgehead atoms. The number of anilines is 1. The van der Waals surface area contributed by atoms with E-state index in [1.54, 1.807) is 12.1 Å². The number of carbonyl (C=O) groups excluding carboxylic acids is 1. The molecule has 2 aromatic carbocycles. The van der Waals surface area contributed by atoms with Crippen molar-refractivity contribution in [2.24, 2.45) is 5.92 Å². The van der Waals surface area contributed by atoms with Crippen LogP contribution >= 0.6 is 0 Å². The van der Waals surface area contributed by atoms with Crippen LogP contribution in [0.25, 0.3) is 22.4 Å². The van der Waals surface area contributed by atoms with Gasteiger partial charge in [-0.25, -0.2) is 9.37 Å². The summed E-state index contributed by atoms with van der Waals surface area (Å²) in [6, 6.07) is 14.5. The van der Waals surface area contributed by atoms with E-state index in [-0.39, 0.29) is 17.6 Å². The SMILES string of the molecule is Cc1ccc(CCNC(=O)C2CCCN(c3ncnc4onc(-c5ccc(F)cc5)c34)C2)cc1. The molecule has 1 N–H and O–H groups in total. The van der Waals surface area contributed by atoms with Crippen LogP contribution in [0.15, 0.2) is 59.4 Å². The topological polar surface area (TPSA) is 84.2 Å². The second kappa shape index (κ2) is 9.59. The minimum absolute atomic E-state index is 0.0613. The molecule has 8 heteroatoms. The lowest BCUT2D eigenvalue weighted by Crippen LogP contribution is -2.43. The number of aromatic nitrogens is 3. The number of hydrogen-bond acceptors (Lipinski definition) is 6. The van der Waals surface area contributed by atoms with Gasteiger partial charge < -0.3 is 14.7 Å². The number of rotatable bonds is 6. The van der Waals surface area contributed by atoms with Crippen LogP contribution in [-0.2, 0) is 11.2 Å². The molecule has 7 nitrogen and oxygen atoms in total. The Morgan fingerprint density at radius 1 is 1.15 bits per heavy atom. The zero-order valence-corrected chi connectivity index (χ0v) is 19.0. The largest absolute Gasteiger partial charge is 0.355 e. The molecule has 1 amide bonds. The number of aryl methyl sites for hydroxylation is 1. The molecule has 174 valence electrons. The average Bonchev–Trinajstić information content (AvgIpc) is 3.30. The average molecular weight is 460 g/mol. The molecule has 0 saturated carbocycles. The number of hydrogen-bond donors (Lipinski definition) is 1. The third-order valence-electron chi connectivity index (χ3n) is 6.30. The highest BCUT2D eigenvalue weighted by Crippen LogP contribution is 2.34. The maximum absolute atomic E-state index is 13.4. The summed E-state index contributed by atoms with van der Waals surface area (Å²) in [6.07, 6.45) is 3.95. The Morgan fingerprint density at radius 3 is 2.74 bits per heavy atom. The molecule has 1 aliphatic rings. The number of fused-ring (bicyclic) bond motifs is 1. The van der Waals surface area contributed by atoms with Gasteiger partial charge in [-0.2, -0.15) is 4.98 Å². The summed E-state index contributed by atoms with van der Waals surface area (Å²) in [5.74, 6) is 0.292. The Hall–Kier alpha value is -3.81. The minimum atomic E-state index is -0.319. The Kier molecular flexibility index (Phi) is 6.20. The van der Waals surface area contributed by atoms with Crippen molar-refractivity contribution in [3.63, 3.8) is 0 Å². The lowest BCUT2D eigenvalue weighted by molar-refractivity contribution is -0.125. The minimum Gasteiger partial charge on any atom is -0.355 e. The van der Waals surface area contributed by atoms with Gasteiger partial charge in [0.25, 0.3) is 5.71 Å². The second-order valence-corrected chi connectivity index (χ2v) is 8.73. The molecule has 3 heterocycles. The monoisotopic (exact) mass is 459 g/mol. The van der Waals surface area contributed by atoms with Crippen LogP contribution in [-0.4, -0.2) is 40.7 Å². The standard InChI is InChI=1S/C26H26FN5O2/c1-17-4-6-18(7-5-17)12-13-28-25(33)20-3-2-14-32(15-20)24-22-23(19-8-10-21(27)11-9-19)31-34-26(22)30-16-29-24/h4-11,16,20H,2-3,12-15H2,1H3,(H,28,33). The Balaban J connectivity index is 1.31. The van der Waals surface area contributed by atoms with Crippen LogP contribution in [0.4, 0.5) is 10.2 Å². The van der Waals surface area contributed by atoms with Gasteiger partial charge >= 0.3 is 0 Å². The second-order valence-electron chi connectivity index (χ2n) is 8.73. The van der Waals surface area contributed by atoms with Gasteiger partial charge in [0.1, 0.15) is 29.0 Å². The normalized spacial score (nSPS) is 16.1. The van der Waals surface area contributed by atoms with Crippen LogP contribution in [0, 0.1) is 18.7 Å². The third-order valence-corrected chi connectivity index (χ3v) is 6.30. The first kappa shape index (κ1) is 22.0. The third kappa shape index (κ3) is 4.62. The van der Waals surface area contributed by atoms with Gasteiger partial charge in [0.05, 0.1) is 5.92 Å². The summed E-state index contributed by atoms with van der Waals surface area (Å²) in [5.41, 5.74) is 4.09. The molecule has 2 aromatic heterocycles. The fourth-order valence-electron chi connectivity index (χ4n) is 4.43. The van der Waals surface area contributed by atoms with Crippen molar-refractivity contribution in [1.82, 2.24) is 20.4 Å². The van der Waals surface area contributed by atoms with Crippen molar-refractivity contribution in [3.8, 4) is 11.3 Å². The molecule has 1 atom stereocenters. The summed E-state index contributed by atoms with van der Waals surface area (Å²) < 4.78 is 18.9. The molecule has 0 spiro atoms. The smallest absolute Gasteiger partial charge is 0.263 e. The predicted molar refractivity (Wildman–Crippen MR) is 128 cm³/mol. The Labute approximate surface area is 197 Å². The van der Waals surface area contributed by atoms with E-state index in [2.05, 4.69) is 56.5 Å². The lowest BCUT2D eigenvalue weighted by atomic mass is 9.96. The summed E-state index contributed by atoms with van der Waals surface area (Å²) >= 11 is 0. The van der Waals surface area contributed by atoms with E-state index in [9.17, 15) is 9.18 Å². The molecular weight excluding hydrogens is 433 g/mol. The zero-order chi connectivity index (χ0) is 23.5. The van der Waals surface area contributed by atoms with Gasteiger partial charge in [-0.15, -0.1) is 0 Å². The fraction of sp³-hybridized carbons (Fsp3) is 0.308. The molecule has 4 aromatic rings. The molecular formula is C26H26FN5O2. The molecule has 1 aliphatic heterocycles. The number of benzene rings is 2. The lowest BCUT2D eigenvalue weighted by Gasteiger charge is -2.33. The molecule has 0 aliphatic carbocycles. The highest BCUT2D eigenvalue weighted by molar-refractivity contribution is 5.98. The van der Waals surface area contributed by atoms with Crippen molar-refractivity contribution in [2.75, 3.05) is 24.5 Å². The first-order valence-corrected chi connectivity index (χ1v) is 11.5. The number of nitrogens with zero attached hydrogens (tertiary/aromatic N) is 4. The number of piperidine rings is 1. The summed E-state index contributed by atoms with van der Waals surface area (Å²) in [4.78, 5) is 23.7. The number of halogens is 1. The number of carbonyl (C=O) groups is 1. The molecule has 1 fully saturated rings. The molecule has 5 rings (SSSR count). The molecule has 1 saturated heterocycles. The van der Waals surface area contributed by atoms with Crippen molar-refractivity contribution in [3.05, 3.63) is 71.8 Å². The highest BCUT2D eigenvalue weighted by Gasteiger charge is 2.29. The van der Waals surface area contributed by atoms with Crippen molar-refractivity contribution >= 4 is 22.8 Å². The summed E-state index contributed by atoms with van der Waals surface area (Å²) in [5, 5.41) is 7.95. The van der Waals surface area contributed by atoms with E-state index in [1.165, 1.54) is 29.6 Å². The van der Waals surface area contributed by atoms with Gasteiger partial charge in [-0.3, -0.25) is 4.79 Å².